The summed E-state index contributed by atoms with van der Waals surface area (Å²) in [6.45, 7) is 3.47. The second kappa shape index (κ2) is 4.54. The number of rotatable bonds is 3. The van der Waals surface area contributed by atoms with E-state index >= 15 is 0 Å². The number of anilines is 2. The second-order valence-electron chi connectivity index (χ2n) is 3.86. The molecule has 0 saturated carbocycles. The van der Waals surface area contributed by atoms with Crippen molar-refractivity contribution in [1.29, 1.82) is 0 Å². The fraction of sp³-hybridized carbons (Fsp3) is 0.200. The van der Waals surface area contributed by atoms with Gasteiger partial charge in [-0.2, -0.15) is 0 Å². The Morgan fingerprint density at radius 1 is 1.33 bits per heavy atom. The van der Waals surface area contributed by atoms with Crippen LogP contribution in [0.5, 0.6) is 0 Å². The predicted octanol–water partition coefficient (Wildman–Crippen LogP) is 1.54. The number of sulfonamides is 1. The van der Waals surface area contributed by atoms with E-state index in [0.717, 1.165) is 17.1 Å². The van der Waals surface area contributed by atoms with Crippen LogP contribution in [0, 0.1) is 13.8 Å². The van der Waals surface area contributed by atoms with Gasteiger partial charge in [-0.1, -0.05) is 4.49 Å². The third-order valence-corrected chi connectivity index (χ3v) is 4.63. The van der Waals surface area contributed by atoms with E-state index in [1.54, 1.807) is 26.0 Å². The highest BCUT2D eigenvalue weighted by Gasteiger charge is 2.19. The van der Waals surface area contributed by atoms with Crippen LogP contribution in [0.1, 0.15) is 11.1 Å². The maximum Gasteiger partial charge on any atom is 0.262 e. The van der Waals surface area contributed by atoms with E-state index in [1.807, 2.05) is 0 Å². The van der Waals surface area contributed by atoms with Crippen LogP contribution in [0.2, 0.25) is 0 Å². The van der Waals surface area contributed by atoms with Crippen LogP contribution >= 0.6 is 11.5 Å². The van der Waals surface area contributed by atoms with Gasteiger partial charge in [-0.05, 0) is 37.1 Å². The molecular weight excluding hydrogens is 272 g/mol. The Morgan fingerprint density at radius 2 is 2.06 bits per heavy atom. The van der Waals surface area contributed by atoms with Crippen molar-refractivity contribution in [2.75, 3.05) is 10.5 Å². The summed E-state index contributed by atoms with van der Waals surface area (Å²) < 4.78 is 30.4. The summed E-state index contributed by atoms with van der Waals surface area (Å²) in [4.78, 5) is 0.174. The molecule has 96 valence electrons. The Bertz CT molecular complexity index is 665. The highest BCUT2D eigenvalue weighted by molar-refractivity contribution is 7.93. The van der Waals surface area contributed by atoms with Crippen molar-refractivity contribution in [2.24, 2.45) is 0 Å². The van der Waals surface area contributed by atoms with E-state index in [1.165, 1.54) is 6.20 Å². The number of nitrogens with two attached hydrogens (primary N) is 1. The fourth-order valence-electron chi connectivity index (χ4n) is 1.53. The number of benzene rings is 1. The maximum absolute atomic E-state index is 12.2. The number of aryl methyl sites for hydroxylation is 1. The topological polar surface area (TPSA) is 98.0 Å². The molecule has 0 aliphatic heterocycles. The quantitative estimate of drug-likeness (QED) is 0.833. The van der Waals surface area contributed by atoms with Gasteiger partial charge in [0.15, 0.2) is 0 Å². The Balaban J connectivity index is 2.48. The minimum absolute atomic E-state index is 0.174. The first-order valence-corrected chi connectivity index (χ1v) is 7.33. The van der Waals surface area contributed by atoms with Crippen molar-refractivity contribution >= 4 is 32.2 Å². The van der Waals surface area contributed by atoms with Crippen LogP contribution < -0.4 is 10.5 Å². The summed E-state index contributed by atoms with van der Waals surface area (Å²) >= 11 is 0.976. The van der Waals surface area contributed by atoms with Crippen molar-refractivity contribution in [1.82, 2.24) is 9.59 Å². The van der Waals surface area contributed by atoms with Gasteiger partial charge >= 0.3 is 0 Å². The number of nitrogens with zero attached hydrogens (tertiary/aromatic N) is 2. The number of aromatic nitrogens is 2. The number of hydrogen-bond donors (Lipinski definition) is 2. The highest BCUT2D eigenvalue weighted by Crippen LogP contribution is 2.25. The van der Waals surface area contributed by atoms with Gasteiger partial charge < -0.3 is 5.73 Å². The molecule has 0 saturated heterocycles. The second-order valence-corrected chi connectivity index (χ2v) is 6.30. The first-order valence-electron chi connectivity index (χ1n) is 5.07. The van der Waals surface area contributed by atoms with E-state index in [9.17, 15) is 8.42 Å². The summed E-state index contributed by atoms with van der Waals surface area (Å²) in [6, 6.07) is 3.32. The molecule has 0 fully saturated rings. The largest absolute Gasteiger partial charge is 0.398 e. The molecule has 8 heteroatoms. The summed E-state index contributed by atoms with van der Waals surface area (Å²) in [5, 5.41) is 3.94. The minimum Gasteiger partial charge on any atom is -0.398 e. The molecule has 0 atom stereocenters. The summed E-state index contributed by atoms with van der Waals surface area (Å²) in [5.74, 6) is 0. The molecule has 1 aromatic heterocycles. The van der Waals surface area contributed by atoms with Gasteiger partial charge in [0, 0.05) is 17.2 Å². The van der Waals surface area contributed by atoms with E-state index in [-0.39, 0.29) is 4.90 Å². The van der Waals surface area contributed by atoms with Crippen molar-refractivity contribution < 1.29 is 8.42 Å². The maximum atomic E-state index is 12.2. The Hall–Kier alpha value is -1.67. The molecule has 0 bridgehead atoms. The Kier molecular flexibility index (Phi) is 3.22. The molecule has 6 nitrogen and oxygen atoms in total. The third kappa shape index (κ3) is 2.44. The molecule has 18 heavy (non-hydrogen) atoms. The molecule has 2 rings (SSSR count). The van der Waals surface area contributed by atoms with Gasteiger partial charge in [-0.25, -0.2) is 8.42 Å². The van der Waals surface area contributed by atoms with Gasteiger partial charge in [0.2, 0.25) is 0 Å². The lowest BCUT2D eigenvalue weighted by Crippen LogP contribution is -2.14. The smallest absolute Gasteiger partial charge is 0.262 e. The standard InChI is InChI=1S/C10H12N4O2S2/c1-6-3-8(11)7(2)9(4-6)18(15,16)13-10-5-12-14-17-10/h3-5,13H,11H2,1-2H3. The van der Waals surface area contributed by atoms with E-state index in [2.05, 4.69) is 14.3 Å². The first-order chi connectivity index (χ1) is 8.40. The van der Waals surface area contributed by atoms with Crippen molar-refractivity contribution in [3.8, 4) is 0 Å². The van der Waals surface area contributed by atoms with Gasteiger partial charge in [0.25, 0.3) is 10.0 Å². The third-order valence-electron chi connectivity index (χ3n) is 2.43. The number of nitrogen functional groups attached to an aromatic ring is 1. The molecule has 0 aliphatic carbocycles. The molecule has 0 radical (unpaired) electrons. The fourth-order valence-corrected chi connectivity index (χ4v) is 3.58. The minimum atomic E-state index is -3.66. The summed E-state index contributed by atoms with van der Waals surface area (Å²) in [7, 11) is -3.66. The SMILES string of the molecule is Cc1cc(N)c(C)c(S(=O)(=O)Nc2cnns2)c1. The average Bonchev–Trinajstić information content (AvgIpc) is 2.75. The molecule has 2 aromatic rings. The van der Waals surface area contributed by atoms with Crippen LogP contribution in [-0.2, 0) is 10.0 Å². The van der Waals surface area contributed by atoms with Gasteiger partial charge in [0.05, 0.1) is 11.1 Å². The molecule has 1 heterocycles. The lowest BCUT2D eigenvalue weighted by molar-refractivity contribution is 0.600. The van der Waals surface area contributed by atoms with Gasteiger partial charge in [-0.3, -0.25) is 4.72 Å². The average molecular weight is 284 g/mol. The summed E-state index contributed by atoms with van der Waals surface area (Å²) in [5.41, 5.74) is 7.56. The predicted molar refractivity (Wildman–Crippen MR) is 71.0 cm³/mol. The molecule has 0 spiro atoms. The molecule has 0 unspecified atom stereocenters. The Labute approximate surface area is 109 Å². The summed E-state index contributed by atoms with van der Waals surface area (Å²) in [6.07, 6.45) is 1.36. The van der Waals surface area contributed by atoms with Gasteiger partial charge in [-0.15, -0.1) is 5.10 Å². The van der Waals surface area contributed by atoms with Gasteiger partial charge in [0.1, 0.15) is 5.00 Å². The number of nitrogens with one attached hydrogen (secondary N) is 1. The van der Waals surface area contributed by atoms with E-state index < -0.39 is 10.0 Å². The van der Waals surface area contributed by atoms with Crippen molar-refractivity contribution in [3.05, 3.63) is 29.5 Å². The zero-order valence-electron chi connectivity index (χ0n) is 9.84. The Morgan fingerprint density at radius 3 is 2.67 bits per heavy atom. The normalized spacial score (nSPS) is 11.4. The van der Waals surface area contributed by atoms with Crippen LogP contribution in [0.25, 0.3) is 0 Å². The van der Waals surface area contributed by atoms with Crippen molar-refractivity contribution in [2.45, 2.75) is 18.7 Å². The molecular formula is C10H12N4O2S2. The lowest BCUT2D eigenvalue weighted by atomic mass is 10.1. The van der Waals surface area contributed by atoms with Crippen LogP contribution in [0.4, 0.5) is 10.7 Å². The van der Waals surface area contributed by atoms with E-state index in [4.69, 9.17) is 5.73 Å². The first kappa shape index (κ1) is 12.8. The highest BCUT2D eigenvalue weighted by atomic mass is 32.2. The van der Waals surface area contributed by atoms with Crippen molar-refractivity contribution in [3.63, 3.8) is 0 Å². The molecule has 0 amide bonds. The molecule has 0 aliphatic rings. The molecule has 1 aromatic carbocycles. The zero-order chi connectivity index (χ0) is 13.3. The zero-order valence-corrected chi connectivity index (χ0v) is 11.5. The van der Waals surface area contributed by atoms with Crippen LogP contribution in [0.15, 0.2) is 23.2 Å². The number of hydrogen-bond acceptors (Lipinski definition) is 6. The molecule has 3 N–H and O–H groups in total. The van der Waals surface area contributed by atoms with Crippen LogP contribution in [-0.4, -0.2) is 18.0 Å². The monoisotopic (exact) mass is 284 g/mol. The lowest BCUT2D eigenvalue weighted by Gasteiger charge is -2.11. The van der Waals surface area contributed by atoms with E-state index in [0.29, 0.717) is 16.3 Å². The van der Waals surface area contributed by atoms with Crippen LogP contribution in [0.3, 0.4) is 0 Å².